The van der Waals surface area contributed by atoms with Gasteiger partial charge in [0.2, 0.25) is 6.29 Å². The third-order valence-electron chi connectivity index (χ3n) is 3.42. The van der Waals surface area contributed by atoms with Crippen molar-refractivity contribution >= 4 is 11.7 Å². The monoisotopic (exact) mass is 343 g/mol. The molecular formula is C14H17NO9. The minimum Gasteiger partial charge on any atom is -0.463 e. The second kappa shape index (κ2) is 7.53. The van der Waals surface area contributed by atoms with Gasteiger partial charge in [-0.15, -0.1) is 0 Å². The Balaban J connectivity index is 2.06. The predicted octanol–water partition coefficient (Wildman–Crippen LogP) is -0.656. The number of carbonyl (C=O) groups is 1. The van der Waals surface area contributed by atoms with Crippen LogP contribution in [-0.4, -0.2) is 63.5 Å². The number of aliphatic hydroxyl groups is 3. The minimum atomic E-state index is -1.58. The van der Waals surface area contributed by atoms with Crippen molar-refractivity contribution in [3.05, 3.63) is 34.4 Å². The van der Waals surface area contributed by atoms with Crippen LogP contribution in [0.3, 0.4) is 0 Å². The van der Waals surface area contributed by atoms with E-state index in [0.29, 0.717) is 0 Å². The summed E-state index contributed by atoms with van der Waals surface area (Å²) >= 11 is 0. The Labute approximate surface area is 136 Å². The quantitative estimate of drug-likeness (QED) is 0.360. The molecule has 0 spiro atoms. The number of ether oxygens (including phenoxy) is 3. The first-order valence-electron chi connectivity index (χ1n) is 7.03. The standard InChI is InChI=1S/C14H17NO9/c1-7(16)22-6-10-11(17)12(18)13(19)14(24-10)23-9-4-2-8(3-5-9)15(20)21/h2-5,10-14,17-19H,6H2,1H3/t10-,11-,12+,13-,14-/m1/s1. The third-order valence-corrected chi connectivity index (χ3v) is 3.42. The molecule has 1 heterocycles. The Morgan fingerprint density at radius 3 is 2.38 bits per heavy atom. The number of hydrogen-bond acceptors (Lipinski definition) is 9. The maximum atomic E-state index is 10.8. The van der Waals surface area contributed by atoms with E-state index < -0.39 is 41.6 Å². The molecule has 1 aromatic rings. The van der Waals surface area contributed by atoms with Crippen LogP contribution in [0.2, 0.25) is 0 Å². The summed E-state index contributed by atoms with van der Waals surface area (Å²) in [4.78, 5) is 20.9. The molecule has 1 fully saturated rings. The van der Waals surface area contributed by atoms with Gasteiger partial charge in [-0.25, -0.2) is 0 Å². The number of nitrogens with zero attached hydrogens (tertiary/aromatic N) is 1. The maximum Gasteiger partial charge on any atom is 0.302 e. The van der Waals surface area contributed by atoms with Crippen LogP contribution in [-0.2, 0) is 14.3 Å². The second-order valence-corrected chi connectivity index (χ2v) is 5.19. The highest BCUT2D eigenvalue weighted by molar-refractivity contribution is 5.65. The van der Waals surface area contributed by atoms with Crippen LogP contribution in [0.4, 0.5) is 5.69 Å². The van der Waals surface area contributed by atoms with E-state index in [-0.39, 0.29) is 18.0 Å². The van der Waals surface area contributed by atoms with Gasteiger partial charge in [-0.05, 0) is 12.1 Å². The van der Waals surface area contributed by atoms with Crippen LogP contribution in [0.25, 0.3) is 0 Å². The van der Waals surface area contributed by atoms with Gasteiger partial charge in [0.15, 0.2) is 0 Å². The molecule has 132 valence electrons. The molecule has 2 rings (SSSR count). The van der Waals surface area contributed by atoms with Crippen molar-refractivity contribution in [1.29, 1.82) is 0 Å². The average Bonchev–Trinajstić information content (AvgIpc) is 2.54. The summed E-state index contributed by atoms with van der Waals surface area (Å²) in [5.41, 5.74) is -0.143. The Kier molecular flexibility index (Phi) is 5.67. The molecule has 0 aliphatic carbocycles. The Morgan fingerprint density at radius 2 is 1.83 bits per heavy atom. The van der Waals surface area contributed by atoms with Crippen molar-refractivity contribution in [2.24, 2.45) is 0 Å². The number of nitro groups is 1. The summed E-state index contributed by atoms with van der Waals surface area (Å²) in [6, 6.07) is 5.00. The maximum absolute atomic E-state index is 10.8. The summed E-state index contributed by atoms with van der Waals surface area (Å²) in [7, 11) is 0. The molecule has 0 bridgehead atoms. The zero-order valence-corrected chi connectivity index (χ0v) is 12.6. The zero-order chi connectivity index (χ0) is 17.9. The first-order valence-corrected chi connectivity index (χ1v) is 7.03. The number of hydrogen-bond donors (Lipinski definition) is 3. The fourth-order valence-corrected chi connectivity index (χ4v) is 2.13. The van der Waals surface area contributed by atoms with Crippen LogP contribution in [0.1, 0.15) is 6.92 Å². The molecule has 1 aliphatic heterocycles. The van der Waals surface area contributed by atoms with Crippen molar-refractivity contribution in [1.82, 2.24) is 0 Å². The van der Waals surface area contributed by atoms with Gasteiger partial charge in [-0.3, -0.25) is 14.9 Å². The van der Waals surface area contributed by atoms with Gasteiger partial charge < -0.3 is 29.5 Å². The van der Waals surface area contributed by atoms with E-state index in [2.05, 4.69) is 0 Å². The molecule has 1 aliphatic rings. The fraction of sp³-hybridized carbons (Fsp3) is 0.500. The van der Waals surface area contributed by atoms with Gasteiger partial charge in [0.05, 0.1) is 4.92 Å². The SMILES string of the molecule is CC(=O)OC[C@H]1O[C@@H](Oc2ccc([N+](=O)[O-])cc2)[C@H](O)[C@@H](O)[C@@H]1O. The molecule has 10 heteroatoms. The van der Waals surface area contributed by atoms with Crippen LogP contribution < -0.4 is 4.74 Å². The van der Waals surface area contributed by atoms with E-state index in [1.165, 1.54) is 31.2 Å². The van der Waals surface area contributed by atoms with Gasteiger partial charge in [-0.2, -0.15) is 0 Å². The smallest absolute Gasteiger partial charge is 0.302 e. The van der Waals surface area contributed by atoms with Crippen LogP contribution in [0.15, 0.2) is 24.3 Å². The van der Waals surface area contributed by atoms with Gasteiger partial charge in [-0.1, -0.05) is 0 Å². The van der Waals surface area contributed by atoms with Crippen molar-refractivity contribution in [2.75, 3.05) is 6.61 Å². The molecule has 0 radical (unpaired) electrons. The number of non-ortho nitro benzene ring substituents is 1. The number of aliphatic hydroxyl groups excluding tert-OH is 3. The normalized spacial score (nSPS) is 29.8. The summed E-state index contributed by atoms with van der Waals surface area (Å²) in [5.74, 6) is -0.446. The largest absolute Gasteiger partial charge is 0.463 e. The van der Waals surface area contributed by atoms with E-state index >= 15 is 0 Å². The molecule has 0 aromatic heterocycles. The third kappa shape index (κ3) is 4.17. The highest BCUT2D eigenvalue weighted by atomic mass is 16.7. The molecule has 1 saturated heterocycles. The summed E-state index contributed by atoms with van der Waals surface area (Å²) in [6.07, 6.45) is -7.08. The Hall–Kier alpha value is -2.27. The van der Waals surface area contributed by atoms with Crippen molar-refractivity contribution in [3.63, 3.8) is 0 Å². The highest BCUT2D eigenvalue weighted by Gasteiger charge is 2.45. The van der Waals surface area contributed by atoms with E-state index in [4.69, 9.17) is 14.2 Å². The minimum absolute atomic E-state index is 0.143. The highest BCUT2D eigenvalue weighted by Crippen LogP contribution is 2.25. The van der Waals surface area contributed by atoms with Crippen molar-refractivity contribution in [3.8, 4) is 5.75 Å². The number of rotatable bonds is 5. The molecule has 0 amide bonds. The number of esters is 1. The van der Waals surface area contributed by atoms with Crippen LogP contribution >= 0.6 is 0 Å². The molecule has 0 unspecified atom stereocenters. The van der Waals surface area contributed by atoms with Crippen LogP contribution in [0, 0.1) is 10.1 Å². The topological polar surface area (TPSA) is 149 Å². The lowest BCUT2D eigenvalue weighted by atomic mass is 9.99. The lowest BCUT2D eigenvalue weighted by Crippen LogP contribution is -2.60. The predicted molar refractivity (Wildman–Crippen MR) is 77.0 cm³/mol. The van der Waals surface area contributed by atoms with Gasteiger partial charge in [0, 0.05) is 19.1 Å². The van der Waals surface area contributed by atoms with E-state index in [0.717, 1.165) is 0 Å². The van der Waals surface area contributed by atoms with E-state index in [1.807, 2.05) is 0 Å². The first kappa shape index (κ1) is 18.1. The Morgan fingerprint density at radius 1 is 1.21 bits per heavy atom. The molecule has 1 aromatic carbocycles. The average molecular weight is 343 g/mol. The molecule has 3 N–H and O–H groups in total. The molecule has 5 atom stereocenters. The van der Waals surface area contributed by atoms with E-state index in [9.17, 15) is 30.2 Å². The zero-order valence-electron chi connectivity index (χ0n) is 12.6. The van der Waals surface area contributed by atoms with Crippen LogP contribution in [0.5, 0.6) is 5.75 Å². The fourth-order valence-electron chi connectivity index (χ4n) is 2.13. The Bertz CT molecular complexity index is 590. The first-order chi connectivity index (χ1) is 11.3. The van der Waals surface area contributed by atoms with Crippen molar-refractivity contribution in [2.45, 2.75) is 37.6 Å². The number of nitro benzene ring substituents is 1. The summed E-state index contributed by atoms with van der Waals surface area (Å²) in [6.45, 7) is 0.839. The van der Waals surface area contributed by atoms with Crippen molar-refractivity contribution < 1.29 is 39.2 Å². The summed E-state index contributed by atoms with van der Waals surface area (Å²) in [5, 5.41) is 40.2. The van der Waals surface area contributed by atoms with E-state index in [1.54, 1.807) is 0 Å². The van der Waals surface area contributed by atoms with Gasteiger partial charge >= 0.3 is 5.97 Å². The van der Waals surface area contributed by atoms with Gasteiger partial charge in [0.1, 0.15) is 36.8 Å². The molecule has 10 nitrogen and oxygen atoms in total. The number of benzene rings is 1. The summed E-state index contributed by atoms with van der Waals surface area (Å²) < 4.78 is 15.4. The molecule has 24 heavy (non-hydrogen) atoms. The lowest BCUT2D eigenvalue weighted by molar-refractivity contribution is -0.384. The number of carbonyl (C=O) groups excluding carboxylic acids is 1. The molecule has 0 saturated carbocycles. The lowest BCUT2D eigenvalue weighted by Gasteiger charge is -2.39. The molecular weight excluding hydrogens is 326 g/mol. The second-order valence-electron chi connectivity index (χ2n) is 5.19. The van der Waals surface area contributed by atoms with Gasteiger partial charge in [0.25, 0.3) is 5.69 Å².